The van der Waals surface area contributed by atoms with Gasteiger partial charge in [-0.25, -0.2) is 0 Å². The second-order valence-corrected chi connectivity index (χ2v) is 3.55. The maximum Gasteiger partial charge on any atom is 0.417 e. The van der Waals surface area contributed by atoms with Gasteiger partial charge in [-0.05, 0) is 17.5 Å². The van der Waals surface area contributed by atoms with E-state index in [2.05, 4.69) is 10.2 Å². The minimum atomic E-state index is -4.31. The summed E-state index contributed by atoms with van der Waals surface area (Å²) in [5, 5.41) is 7.54. The monoisotopic (exact) mass is 218 g/mol. The van der Waals surface area contributed by atoms with Gasteiger partial charge in [0.1, 0.15) is 0 Å². The van der Waals surface area contributed by atoms with E-state index in [1.54, 1.807) is 0 Å². The highest BCUT2D eigenvalue weighted by atomic mass is 32.1. The van der Waals surface area contributed by atoms with Crippen LogP contribution in [-0.4, -0.2) is 10.2 Å². The standard InChI is InChI=1S/C8H5F3N2S/c9-8(10,11)5-2-4-14-7(5)6-1-3-12-13-6/h1-4H,(H,12,13). The van der Waals surface area contributed by atoms with Crippen LogP contribution in [0.4, 0.5) is 13.2 Å². The van der Waals surface area contributed by atoms with Crippen LogP contribution in [0.15, 0.2) is 23.7 Å². The maximum absolute atomic E-state index is 12.4. The Bertz CT molecular complexity index is 416. The van der Waals surface area contributed by atoms with Gasteiger partial charge in [-0.1, -0.05) is 0 Å². The molecular weight excluding hydrogens is 213 g/mol. The first-order valence-corrected chi connectivity index (χ1v) is 4.61. The van der Waals surface area contributed by atoms with Gasteiger partial charge in [-0.3, -0.25) is 5.10 Å². The number of alkyl halides is 3. The van der Waals surface area contributed by atoms with Crippen molar-refractivity contribution in [3.8, 4) is 10.6 Å². The van der Waals surface area contributed by atoms with E-state index in [1.807, 2.05) is 0 Å². The summed E-state index contributed by atoms with van der Waals surface area (Å²) in [6.07, 6.45) is -2.88. The average Bonchev–Trinajstić information content (AvgIpc) is 2.73. The number of H-pyrrole nitrogens is 1. The Morgan fingerprint density at radius 1 is 1.29 bits per heavy atom. The molecule has 0 saturated carbocycles. The van der Waals surface area contributed by atoms with Crippen LogP contribution < -0.4 is 0 Å². The molecule has 0 aliphatic carbocycles. The fourth-order valence-corrected chi connectivity index (χ4v) is 2.02. The molecule has 0 bridgehead atoms. The van der Waals surface area contributed by atoms with Gasteiger partial charge >= 0.3 is 6.18 Å². The second-order valence-electron chi connectivity index (χ2n) is 2.63. The van der Waals surface area contributed by atoms with E-state index in [4.69, 9.17) is 0 Å². The van der Waals surface area contributed by atoms with Gasteiger partial charge in [-0.15, -0.1) is 11.3 Å². The number of aromatic nitrogens is 2. The van der Waals surface area contributed by atoms with Crippen molar-refractivity contribution < 1.29 is 13.2 Å². The molecule has 0 amide bonds. The SMILES string of the molecule is FC(F)(F)c1ccsc1-c1ccn[nH]1. The number of halogens is 3. The highest BCUT2D eigenvalue weighted by molar-refractivity contribution is 7.13. The number of hydrogen-bond acceptors (Lipinski definition) is 2. The Labute approximate surface area is 81.4 Å². The third-order valence-electron chi connectivity index (χ3n) is 1.72. The van der Waals surface area contributed by atoms with Crippen molar-refractivity contribution in [1.29, 1.82) is 0 Å². The zero-order valence-electron chi connectivity index (χ0n) is 6.80. The van der Waals surface area contributed by atoms with Gasteiger partial charge in [0.05, 0.1) is 16.1 Å². The molecule has 2 nitrogen and oxygen atoms in total. The average molecular weight is 218 g/mol. The molecule has 1 N–H and O–H groups in total. The van der Waals surface area contributed by atoms with Gasteiger partial charge in [-0.2, -0.15) is 18.3 Å². The Morgan fingerprint density at radius 3 is 2.64 bits per heavy atom. The zero-order chi connectivity index (χ0) is 10.2. The lowest BCUT2D eigenvalue weighted by atomic mass is 10.2. The van der Waals surface area contributed by atoms with Crippen LogP contribution in [0.5, 0.6) is 0 Å². The molecule has 0 saturated heterocycles. The number of nitrogens with one attached hydrogen (secondary N) is 1. The predicted octanol–water partition coefficient (Wildman–Crippen LogP) is 3.16. The van der Waals surface area contributed by atoms with E-state index in [9.17, 15) is 13.2 Å². The number of nitrogens with zero attached hydrogens (tertiary/aromatic N) is 1. The molecule has 6 heteroatoms. The predicted molar refractivity (Wildman–Crippen MR) is 46.9 cm³/mol. The molecular formula is C8H5F3N2S. The lowest BCUT2D eigenvalue weighted by Gasteiger charge is -2.05. The van der Waals surface area contributed by atoms with Crippen molar-refractivity contribution in [3.63, 3.8) is 0 Å². The Kier molecular flexibility index (Phi) is 2.07. The maximum atomic E-state index is 12.4. The molecule has 0 atom stereocenters. The summed E-state index contributed by atoms with van der Waals surface area (Å²) in [7, 11) is 0. The first-order chi connectivity index (χ1) is 6.59. The lowest BCUT2D eigenvalue weighted by molar-refractivity contribution is -0.136. The highest BCUT2D eigenvalue weighted by Gasteiger charge is 2.34. The van der Waals surface area contributed by atoms with Crippen molar-refractivity contribution in [2.75, 3.05) is 0 Å². The molecule has 0 aliphatic rings. The summed E-state index contributed by atoms with van der Waals surface area (Å²) in [6.45, 7) is 0. The van der Waals surface area contributed by atoms with Crippen LogP contribution in [-0.2, 0) is 6.18 Å². The number of aromatic amines is 1. The van der Waals surface area contributed by atoms with Crippen LogP contribution in [0.3, 0.4) is 0 Å². The molecule has 0 spiro atoms. The quantitative estimate of drug-likeness (QED) is 0.782. The molecule has 0 fully saturated rings. The minimum absolute atomic E-state index is 0.176. The zero-order valence-corrected chi connectivity index (χ0v) is 7.62. The van der Waals surface area contributed by atoms with Gasteiger partial charge in [0.25, 0.3) is 0 Å². The van der Waals surface area contributed by atoms with Gasteiger partial charge < -0.3 is 0 Å². The Morgan fingerprint density at radius 2 is 2.07 bits per heavy atom. The molecule has 0 radical (unpaired) electrons. The molecule has 0 aromatic carbocycles. The van der Waals surface area contributed by atoms with E-state index in [1.165, 1.54) is 17.6 Å². The normalized spacial score (nSPS) is 11.9. The second kappa shape index (κ2) is 3.13. The van der Waals surface area contributed by atoms with E-state index >= 15 is 0 Å². The van der Waals surface area contributed by atoms with Crippen molar-refractivity contribution in [3.05, 3.63) is 29.3 Å². The molecule has 74 valence electrons. The highest BCUT2D eigenvalue weighted by Crippen LogP contribution is 2.39. The van der Waals surface area contributed by atoms with Crippen LogP contribution in [0.25, 0.3) is 10.6 Å². The number of rotatable bonds is 1. The fraction of sp³-hybridized carbons (Fsp3) is 0.125. The molecule has 0 aliphatic heterocycles. The van der Waals surface area contributed by atoms with E-state index in [0.717, 1.165) is 17.4 Å². The smallest absolute Gasteiger partial charge is 0.277 e. The summed E-state index contributed by atoms with van der Waals surface area (Å²) in [5.74, 6) is 0. The Balaban J connectivity index is 2.51. The molecule has 14 heavy (non-hydrogen) atoms. The summed E-state index contributed by atoms with van der Waals surface area (Å²) in [6, 6.07) is 2.59. The van der Waals surface area contributed by atoms with Crippen LogP contribution in [0.1, 0.15) is 5.56 Å². The number of hydrogen-bond donors (Lipinski definition) is 1. The molecule has 2 heterocycles. The summed E-state index contributed by atoms with van der Waals surface area (Å²) in [5.41, 5.74) is -0.223. The van der Waals surface area contributed by atoms with Crippen molar-refractivity contribution >= 4 is 11.3 Å². The van der Waals surface area contributed by atoms with Gasteiger partial charge in [0.2, 0.25) is 0 Å². The van der Waals surface area contributed by atoms with E-state index in [-0.39, 0.29) is 4.88 Å². The third kappa shape index (κ3) is 1.52. The van der Waals surface area contributed by atoms with Gasteiger partial charge in [0.15, 0.2) is 0 Å². The molecule has 2 rings (SSSR count). The third-order valence-corrected chi connectivity index (χ3v) is 2.66. The van der Waals surface area contributed by atoms with E-state index in [0.29, 0.717) is 5.69 Å². The Hall–Kier alpha value is -1.30. The fourth-order valence-electron chi connectivity index (χ4n) is 1.12. The number of thiophene rings is 1. The van der Waals surface area contributed by atoms with Crippen molar-refractivity contribution in [2.45, 2.75) is 6.18 Å². The van der Waals surface area contributed by atoms with Crippen molar-refractivity contribution in [2.24, 2.45) is 0 Å². The first kappa shape index (κ1) is 9.26. The van der Waals surface area contributed by atoms with Gasteiger partial charge in [0, 0.05) is 6.20 Å². The van der Waals surface area contributed by atoms with Crippen LogP contribution >= 0.6 is 11.3 Å². The van der Waals surface area contributed by atoms with Crippen LogP contribution in [0, 0.1) is 0 Å². The largest absolute Gasteiger partial charge is 0.417 e. The summed E-state index contributed by atoms with van der Waals surface area (Å²) < 4.78 is 37.3. The topological polar surface area (TPSA) is 28.7 Å². The van der Waals surface area contributed by atoms with E-state index < -0.39 is 11.7 Å². The molecule has 0 unspecified atom stereocenters. The van der Waals surface area contributed by atoms with Crippen LogP contribution in [0.2, 0.25) is 0 Å². The molecule has 2 aromatic heterocycles. The summed E-state index contributed by atoms with van der Waals surface area (Å²) >= 11 is 1.04. The lowest BCUT2D eigenvalue weighted by Crippen LogP contribution is -2.04. The first-order valence-electron chi connectivity index (χ1n) is 3.73. The van der Waals surface area contributed by atoms with Crippen molar-refractivity contribution in [1.82, 2.24) is 10.2 Å². The summed E-state index contributed by atoms with van der Waals surface area (Å²) in [4.78, 5) is 0.176. The molecule has 2 aromatic rings. The minimum Gasteiger partial charge on any atom is -0.277 e.